The molecule has 0 radical (unpaired) electrons. The third-order valence-electron chi connectivity index (χ3n) is 2.77. The first-order chi connectivity index (χ1) is 7.11. The lowest BCUT2D eigenvalue weighted by Gasteiger charge is -2.10. The Labute approximate surface area is 92.7 Å². The predicted molar refractivity (Wildman–Crippen MR) is 57.9 cm³/mol. The average molecular weight is 226 g/mol. The average Bonchev–Trinajstić information content (AvgIpc) is 2.78. The van der Waals surface area contributed by atoms with Crippen LogP contribution in [-0.4, -0.2) is 26.4 Å². The molecule has 1 fully saturated rings. The maximum absolute atomic E-state index is 10.7. The van der Waals surface area contributed by atoms with Gasteiger partial charge in [-0.3, -0.25) is 4.79 Å². The Morgan fingerprint density at radius 1 is 1.73 bits per heavy atom. The van der Waals surface area contributed by atoms with E-state index in [-0.39, 0.29) is 5.41 Å². The van der Waals surface area contributed by atoms with E-state index in [0.29, 0.717) is 6.42 Å². The third kappa shape index (κ3) is 2.53. The molecule has 1 saturated carbocycles. The monoisotopic (exact) mass is 226 g/mol. The SMILES string of the molecule is Cn1ccnc1SCC1(CC(=O)O)CC1. The number of hydrogen-bond donors (Lipinski definition) is 1. The highest BCUT2D eigenvalue weighted by atomic mass is 32.2. The van der Waals surface area contributed by atoms with Crippen molar-refractivity contribution < 1.29 is 9.90 Å². The molecule has 0 aliphatic heterocycles. The smallest absolute Gasteiger partial charge is 0.303 e. The molecular weight excluding hydrogens is 212 g/mol. The number of aliphatic carboxylic acids is 1. The van der Waals surface area contributed by atoms with Crippen LogP contribution in [-0.2, 0) is 11.8 Å². The summed E-state index contributed by atoms with van der Waals surface area (Å²) in [7, 11) is 1.95. The van der Waals surface area contributed by atoms with Gasteiger partial charge in [0.05, 0.1) is 6.42 Å². The first-order valence-corrected chi connectivity index (χ1v) is 5.92. The Hall–Kier alpha value is -0.970. The van der Waals surface area contributed by atoms with Crippen LogP contribution >= 0.6 is 11.8 Å². The summed E-state index contributed by atoms with van der Waals surface area (Å²) >= 11 is 1.65. The molecule has 0 aromatic carbocycles. The quantitative estimate of drug-likeness (QED) is 0.777. The summed E-state index contributed by atoms with van der Waals surface area (Å²) in [5.41, 5.74) is 0.0441. The second-order valence-corrected chi connectivity index (χ2v) is 5.12. The zero-order valence-corrected chi connectivity index (χ0v) is 9.46. The minimum absolute atomic E-state index is 0.0441. The third-order valence-corrected chi connectivity index (χ3v) is 4.18. The van der Waals surface area contributed by atoms with Crippen molar-refractivity contribution in [2.45, 2.75) is 24.4 Å². The standard InChI is InChI=1S/C10H14N2O2S/c1-12-5-4-11-9(12)15-7-10(2-3-10)6-8(13)14/h4-5H,2-3,6-7H2,1H3,(H,13,14). The van der Waals surface area contributed by atoms with Crippen LogP contribution in [0.2, 0.25) is 0 Å². The molecule has 0 amide bonds. The lowest BCUT2D eigenvalue weighted by Crippen LogP contribution is -2.11. The van der Waals surface area contributed by atoms with Gasteiger partial charge in [0.15, 0.2) is 5.16 Å². The van der Waals surface area contributed by atoms with Gasteiger partial charge in [0.2, 0.25) is 0 Å². The predicted octanol–water partition coefficient (Wildman–Crippen LogP) is 1.77. The largest absolute Gasteiger partial charge is 0.481 e. The number of thioether (sulfide) groups is 1. The fourth-order valence-corrected chi connectivity index (χ4v) is 2.80. The van der Waals surface area contributed by atoms with Gasteiger partial charge in [-0.15, -0.1) is 0 Å². The number of rotatable bonds is 5. The van der Waals surface area contributed by atoms with Gasteiger partial charge in [-0.2, -0.15) is 0 Å². The van der Waals surface area contributed by atoms with Crippen molar-refractivity contribution in [2.24, 2.45) is 12.5 Å². The normalized spacial score (nSPS) is 17.7. The fraction of sp³-hybridized carbons (Fsp3) is 0.600. The second kappa shape index (κ2) is 3.89. The summed E-state index contributed by atoms with van der Waals surface area (Å²) in [5.74, 6) is 0.178. The summed E-state index contributed by atoms with van der Waals surface area (Å²) < 4.78 is 1.96. The molecule has 5 heteroatoms. The molecule has 15 heavy (non-hydrogen) atoms. The maximum atomic E-state index is 10.7. The Morgan fingerprint density at radius 3 is 2.93 bits per heavy atom. The van der Waals surface area contributed by atoms with Crippen molar-refractivity contribution in [1.82, 2.24) is 9.55 Å². The van der Waals surface area contributed by atoms with Crippen LogP contribution in [0.5, 0.6) is 0 Å². The van der Waals surface area contributed by atoms with Crippen LogP contribution in [0.1, 0.15) is 19.3 Å². The molecular formula is C10H14N2O2S. The Bertz CT molecular complexity index is 371. The summed E-state index contributed by atoms with van der Waals surface area (Å²) in [5, 5.41) is 9.74. The van der Waals surface area contributed by atoms with Crippen LogP contribution in [0.4, 0.5) is 0 Å². The van der Waals surface area contributed by atoms with Gasteiger partial charge in [-0.05, 0) is 18.3 Å². The van der Waals surface area contributed by atoms with E-state index >= 15 is 0 Å². The van der Waals surface area contributed by atoms with Gasteiger partial charge in [0.25, 0.3) is 0 Å². The number of imidazole rings is 1. The molecule has 0 spiro atoms. The molecule has 1 N–H and O–H groups in total. The zero-order chi connectivity index (χ0) is 10.9. The molecule has 2 rings (SSSR count). The van der Waals surface area contributed by atoms with Gasteiger partial charge in [-0.25, -0.2) is 4.98 Å². The molecule has 1 aliphatic carbocycles. The lowest BCUT2D eigenvalue weighted by molar-refractivity contribution is -0.138. The molecule has 1 aromatic heterocycles. The van der Waals surface area contributed by atoms with E-state index in [1.807, 2.05) is 17.8 Å². The summed E-state index contributed by atoms with van der Waals surface area (Å²) in [6.45, 7) is 0. The minimum atomic E-state index is -0.687. The first-order valence-electron chi connectivity index (χ1n) is 4.93. The molecule has 0 atom stereocenters. The first kappa shape index (κ1) is 10.5. The molecule has 0 bridgehead atoms. The number of carboxylic acid groups (broad SMARTS) is 1. The Kier molecular flexibility index (Phi) is 2.73. The van der Waals surface area contributed by atoms with E-state index in [1.54, 1.807) is 18.0 Å². The summed E-state index contributed by atoms with van der Waals surface area (Å²) in [4.78, 5) is 14.9. The van der Waals surface area contributed by atoms with Crippen molar-refractivity contribution in [3.05, 3.63) is 12.4 Å². The van der Waals surface area contributed by atoms with Gasteiger partial charge >= 0.3 is 5.97 Å². The fourth-order valence-electron chi connectivity index (χ4n) is 1.58. The van der Waals surface area contributed by atoms with Gasteiger partial charge < -0.3 is 9.67 Å². The molecule has 82 valence electrons. The van der Waals surface area contributed by atoms with E-state index in [9.17, 15) is 4.79 Å². The van der Waals surface area contributed by atoms with E-state index in [4.69, 9.17) is 5.11 Å². The number of carboxylic acids is 1. The van der Waals surface area contributed by atoms with Crippen molar-refractivity contribution in [3.8, 4) is 0 Å². The number of carbonyl (C=O) groups is 1. The van der Waals surface area contributed by atoms with Gasteiger partial charge in [0.1, 0.15) is 0 Å². The highest BCUT2D eigenvalue weighted by molar-refractivity contribution is 7.99. The summed E-state index contributed by atoms with van der Waals surface area (Å²) in [6, 6.07) is 0. The van der Waals surface area contributed by atoms with Crippen LogP contribution in [0.15, 0.2) is 17.6 Å². The van der Waals surface area contributed by atoms with E-state index in [1.165, 1.54) is 0 Å². The topological polar surface area (TPSA) is 55.1 Å². The molecule has 1 heterocycles. The molecule has 0 saturated heterocycles. The molecule has 1 aliphatic rings. The van der Waals surface area contributed by atoms with Crippen LogP contribution in [0.25, 0.3) is 0 Å². The van der Waals surface area contributed by atoms with Crippen LogP contribution in [0.3, 0.4) is 0 Å². The van der Waals surface area contributed by atoms with Crippen molar-refractivity contribution in [1.29, 1.82) is 0 Å². The maximum Gasteiger partial charge on any atom is 0.303 e. The van der Waals surface area contributed by atoms with Crippen molar-refractivity contribution in [3.63, 3.8) is 0 Å². The van der Waals surface area contributed by atoms with Gasteiger partial charge in [-0.1, -0.05) is 11.8 Å². The minimum Gasteiger partial charge on any atom is -0.481 e. The molecule has 1 aromatic rings. The lowest BCUT2D eigenvalue weighted by atomic mass is 10.1. The van der Waals surface area contributed by atoms with Gasteiger partial charge in [0, 0.05) is 25.2 Å². The van der Waals surface area contributed by atoms with E-state index in [2.05, 4.69) is 4.98 Å². The number of nitrogens with zero attached hydrogens (tertiary/aromatic N) is 2. The van der Waals surface area contributed by atoms with Crippen LogP contribution < -0.4 is 0 Å². The van der Waals surface area contributed by atoms with E-state index < -0.39 is 5.97 Å². The summed E-state index contributed by atoms with van der Waals surface area (Å²) in [6.07, 6.45) is 6.04. The molecule has 0 unspecified atom stereocenters. The van der Waals surface area contributed by atoms with Crippen LogP contribution in [0, 0.1) is 5.41 Å². The van der Waals surface area contributed by atoms with Crippen molar-refractivity contribution >= 4 is 17.7 Å². The molecule has 4 nitrogen and oxygen atoms in total. The van der Waals surface area contributed by atoms with Crippen molar-refractivity contribution in [2.75, 3.05) is 5.75 Å². The Balaban J connectivity index is 1.88. The number of aryl methyl sites for hydroxylation is 1. The second-order valence-electron chi connectivity index (χ2n) is 4.18. The number of hydrogen-bond acceptors (Lipinski definition) is 3. The Morgan fingerprint density at radius 2 is 2.47 bits per heavy atom. The highest BCUT2D eigenvalue weighted by Crippen LogP contribution is 2.51. The zero-order valence-electron chi connectivity index (χ0n) is 8.64. The number of aromatic nitrogens is 2. The van der Waals surface area contributed by atoms with E-state index in [0.717, 1.165) is 23.8 Å². The highest BCUT2D eigenvalue weighted by Gasteiger charge is 2.44.